The number of fused-ring (bicyclic) bond motifs is 2. The first-order valence-corrected chi connectivity index (χ1v) is 10.8. The minimum absolute atomic E-state index is 0.273. The van der Waals surface area contributed by atoms with E-state index in [0.29, 0.717) is 21.8 Å². The molecule has 6 heteroatoms. The van der Waals surface area contributed by atoms with Crippen LogP contribution in [0.4, 0.5) is 15.8 Å². The van der Waals surface area contributed by atoms with Crippen molar-refractivity contribution in [2.75, 3.05) is 10.6 Å². The molecule has 0 fully saturated rings. The Balaban J connectivity index is 1.40. The molecule has 0 unspecified atom stereocenters. The van der Waals surface area contributed by atoms with Gasteiger partial charge in [-0.1, -0.05) is 60.3 Å². The van der Waals surface area contributed by atoms with E-state index in [9.17, 15) is 14.0 Å². The van der Waals surface area contributed by atoms with E-state index in [1.807, 2.05) is 54.6 Å². The van der Waals surface area contributed by atoms with Crippen molar-refractivity contribution in [3.8, 4) is 11.1 Å². The Morgan fingerprint density at radius 3 is 2.47 bits per heavy atom. The molecule has 4 aromatic rings. The molecule has 2 amide bonds. The highest BCUT2D eigenvalue weighted by Gasteiger charge is 2.23. The first-order valence-electron chi connectivity index (χ1n) is 9.97. The molecule has 0 aromatic heterocycles. The maximum absolute atomic E-state index is 14.3. The predicted molar refractivity (Wildman–Crippen MR) is 125 cm³/mol. The average Bonchev–Trinajstić information content (AvgIpc) is 2.96. The molecule has 0 atom stereocenters. The molecule has 5 rings (SSSR count). The zero-order valence-electron chi connectivity index (χ0n) is 16.8. The Morgan fingerprint density at radius 1 is 0.844 bits per heavy atom. The molecule has 0 radical (unpaired) electrons. The Morgan fingerprint density at radius 2 is 1.62 bits per heavy atom. The lowest BCUT2D eigenvalue weighted by Gasteiger charge is -2.11. The second-order valence-corrected chi connectivity index (χ2v) is 8.34. The number of benzene rings is 4. The van der Waals surface area contributed by atoms with Gasteiger partial charge in [0.2, 0.25) is 0 Å². The lowest BCUT2D eigenvalue weighted by Crippen LogP contribution is -2.14. The Hall–Kier alpha value is -3.90. The minimum atomic E-state index is -0.449. The summed E-state index contributed by atoms with van der Waals surface area (Å²) in [4.78, 5) is 26.4. The Bertz CT molecular complexity index is 1360. The van der Waals surface area contributed by atoms with Crippen LogP contribution in [-0.2, 0) is 0 Å². The third-order valence-electron chi connectivity index (χ3n) is 5.14. The van der Waals surface area contributed by atoms with Crippen LogP contribution in [0.2, 0.25) is 0 Å². The molecule has 0 bridgehead atoms. The molecule has 4 nitrogen and oxygen atoms in total. The van der Waals surface area contributed by atoms with E-state index in [0.717, 1.165) is 11.1 Å². The van der Waals surface area contributed by atoms with E-state index in [1.54, 1.807) is 24.3 Å². The Labute approximate surface area is 188 Å². The van der Waals surface area contributed by atoms with Crippen LogP contribution in [0, 0.1) is 5.82 Å². The summed E-state index contributed by atoms with van der Waals surface area (Å²) in [6, 6.07) is 26.9. The molecular weight excluding hydrogens is 423 g/mol. The lowest BCUT2D eigenvalue weighted by molar-refractivity contribution is 0.101. The van der Waals surface area contributed by atoms with Gasteiger partial charge in [-0.3, -0.25) is 9.59 Å². The fourth-order valence-corrected chi connectivity index (χ4v) is 4.57. The van der Waals surface area contributed by atoms with Crippen molar-refractivity contribution >= 4 is 35.0 Å². The molecule has 0 saturated heterocycles. The number of hydrogen-bond donors (Lipinski definition) is 2. The molecule has 1 aliphatic heterocycles. The number of nitrogens with one attached hydrogen (secondary N) is 2. The van der Waals surface area contributed by atoms with Crippen molar-refractivity contribution in [3.05, 3.63) is 108 Å². The maximum atomic E-state index is 14.3. The molecule has 0 saturated carbocycles. The molecule has 156 valence electrons. The van der Waals surface area contributed by atoms with E-state index >= 15 is 0 Å². The summed E-state index contributed by atoms with van der Waals surface area (Å²) in [6.45, 7) is 0. The van der Waals surface area contributed by atoms with Gasteiger partial charge in [0.25, 0.3) is 11.8 Å². The summed E-state index contributed by atoms with van der Waals surface area (Å²) < 4.78 is 14.3. The zero-order chi connectivity index (χ0) is 22.1. The lowest BCUT2D eigenvalue weighted by atomic mass is 10.1. The van der Waals surface area contributed by atoms with Gasteiger partial charge in [-0.05, 0) is 53.6 Å². The summed E-state index contributed by atoms with van der Waals surface area (Å²) in [5, 5.41) is 5.70. The number of carbonyl (C=O) groups excluding carboxylic acids is 2. The van der Waals surface area contributed by atoms with Crippen LogP contribution in [0.3, 0.4) is 0 Å². The van der Waals surface area contributed by atoms with Gasteiger partial charge in [0.1, 0.15) is 5.82 Å². The van der Waals surface area contributed by atoms with Gasteiger partial charge in [-0.15, -0.1) is 0 Å². The fraction of sp³-hybridized carbons (Fsp3) is 0. The van der Waals surface area contributed by atoms with E-state index in [4.69, 9.17) is 0 Å². The number of hydrogen-bond acceptors (Lipinski definition) is 3. The second kappa shape index (κ2) is 8.32. The largest absolute Gasteiger partial charge is 0.322 e. The highest BCUT2D eigenvalue weighted by atomic mass is 32.2. The van der Waals surface area contributed by atoms with Crippen molar-refractivity contribution in [1.29, 1.82) is 0 Å². The fourth-order valence-electron chi connectivity index (χ4n) is 3.56. The van der Waals surface area contributed by atoms with E-state index in [-0.39, 0.29) is 16.4 Å². The number of anilines is 2. The van der Waals surface area contributed by atoms with Crippen LogP contribution >= 0.6 is 11.8 Å². The number of halogens is 1. The van der Waals surface area contributed by atoms with Gasteiger partial charge < -0.3 is 10.6 Å². The molecule has 0 aliphatic carbocycles. The van der Waals surface area contributed by atoms with E-state index in [1.165, 1.54) is 23.9 Å². The van der Waals surface area contributed by atoms with Crippen molar-refractivity contribution in [3.63, 3.8) is 0 Å². The van der Waals surface area contributed by atoms with Crippen molar-refractivity contribution in [1.82, 2.24) is 0 Å². The topological polar surface area (TPSA) is 58.2 Å². The van der Waals surface area contributed by atoms with Gasteiger partial charge >= 0.3 is 0 Å². The van der Waals surface area contributed by atoms with E-state index < -0.39 is 11.7 Å². The number of amides is 2. The summed E-state index contributed by atoms with van der Waals surface area (Å²) in [7, 11) is 0. The zero-order valence-corrected chi connectivity index (χ0v) is 17.6. The standard InChI is InChI=1S/C26H17FN2O2S/c27-21-11-5-10-20-24(21)32-23-13-12-18(15-22(23)29-26(20)31)25(30)28-19-9-4-8-17(14-19)16-6-2-1-3-7-16/h1-15H,(H,28,30)(H,29,31). The number of carbonyl (C=O) groups is 2. The molecule has 4 aromatic carbocycles. The third-order valence-corrected chi connectivity index (χ3v) is 6.34. The SMILES string of the molecule is O=C(Nc1cccc(-c2ccccc2)c1)c1ccc2c(c1)NC(=O)c1cccc(F)c1S2. The van der Waals surface area contributed by atoms with Crippen LogP contribution in [0.5, 0.6) is 0 Å². The molecule has 2 N–H and O–H groups in total. The highest BCUT2D eigenvalue weighted by Crippen LogP contribution is 2.40. The number of rotatable bonds is 3. The van der Waals surface area contributed by atoms with Crippen molar-refractivity contribution < 1.29 is 14.0 Å². The Kier molecular flexibility index (Phi) is 5.21. The van der Waals surface area contributed by atoms with Crippen LogP contribution in [0.1, 0.15) is 20.7 Å². The van der Waals surface area contributed by atoms with E-state index in [2.05, 4.69) is 10.6 Å². The first kappa shape index (κ1) is 20.0. The summed E-state index contributed by atoms with van der Waals surface area (Å²) in [5.41, 5.74) is 3.85. The normalized spacial score (nSPS) is 12.2. The predicted octanol–water partition coefficient (Wildman–Crippen LogP) is 6.46. The van der Waals surface area contributed by atoms with Gasteiger partial charge in [0.15, 0.2) is 0 Å². The molecular formula is C26H17FN2O2S. The summed E-state index contributed by atoms with van der Waals surface area (Å²) in [5.74, 6) is -1.15. The molecule has 0 spiro atoms. The molecule has 1 aliphatic rings. The maximum Gasteiger partial charge on any atom is 0.256 e. The quantitative estimate of drug-likeness (QED) is 0.384. The van der Waals surface area contributed by atoms with Crippen LogP contribution in [0.15, 0.2) is 101 Å². The van der Waals surface area contributed by atoms with Gasteiger partial charge in [-0.2, -0.15) is 0 Å². The molecule has 1 heterocycles. The molecule has 32 heavy (non-hydrogen) atoms. The average molecular weight is 440 g/mol. The monoisotopic (exact) mass is 440 g/mol. The van der Waals surface area contributed by atoms with Crippen molar-refractivity contribution in [2.24, 2.45) is 0 Å². The summed E-state index contributed by atoms with van der Waals surface area (Å²) in [6.07, 6.45) is 0. The van der Waals surface area contributed by atoms with Crippen LogP contribution in [0.25, 0.3) is 11.1 Å². The van der Waals surface area contributed by atoms with Crippen molar-refractivity contribution in [2.45, 2.75) is 9.79 Å². The van der Waals surface area contributed by atoms with Crippen LogP contribution < -0.4 is 10.6 Å². The van der Waals surface area contributed by atoms with Gasteiger partial charge in [0.05, 0.1) is 16.1 Å². The smallest absolute Gasteiger partial charge is 0.256 e. The van der Waals surface area contributed by atoms with Gasteiger partial charge in [-0.25, -0.2) is 4.39 Å². The second-order valence-electron chi connectivity index (χ2n) is 7.28. The van der Waals surface area contributed by atoms with Crippen LogP contribution in [-0.4, -0.2) is 11.8 Å². The highest BCUT2D eigenvalue weighted by molar-refractivity contribution is 7.99. The summed E-state index contributed by atoms with van der Waals surface area (Å²) >= 11 is 1.17. The minimum Gasteiger partial charge on any atom is -0.322 e. The third kappa shape index (κ3) is 3.88. The first-order chi connectivity index (χ1) is 15.6. The van der Waals surface area contributed by atoms with Gasteiger partial charge in [0, 0.05) is 16.1 Å².